The van der Waals surface area contributed by atoms with E-state index in [1.807, 2.05) is 0 Å². The predicted octanol–water partition coefficient (Wildman–Crippen LogP) is 1.07. The fourth-order valence-electron chi connectivity index (χ4n) is 1.42. The van der Waals surface area contributed by atoms with E-state index in [9.17, 15) is 10.1 Å². The zero-order valence-electron chi connectivity index (χ0n) is 8.73. The summed E-state index contributed by atoms with van der Waals surface area (Å²) in [6.45, 7) is 3.19. The molecule has 0 amide bonds. The lowest BCUT2D eigenvalue weighted by atomic mass is 9.90. The van der Waals surface area contributed by atoms with Crippen LogP contribution in [-0.4, -0.2) is 16.6 Å². The molecule has 0 aliphatic heterocycles. The van der Waals surface area contributed by atoms with Gasteiger partial charge in [-0.3, -0.25) is 10.1 Å². The van der Waals surface area contributed by atoms with Gasteiger partial charge in [0.1, 0.15) is 0 Å². The summed E-state index contributed by atoms with van der Waals surface area (Å²) in [4.78, 5) is 10.1. The highest BCUT2D eigenvalue weighted by Crippen LogP contribution is 2.25. The van der Waals surface area contributed by atoms with E-state index >= 15 is 0 Å². The Morgan fingerprint density at radius 1 is 1.60 bits per heavy atom. The third-order valence-corrected chi connectivity index (χ3v) is 2.38. The third-order valence-electron chi connectivity index (χ3n) is 2.38. The molecule has 1 aromatic carbocycles. The molecule has 1 unspecified atom stereocenters. The van der Waals surface area contributed by atoms with Crippen LogP contribution in [-0.2, 0) is 5.54 Å². The van der Waals surface area contributed by atoms with Gasteiger partial charge in [0.05, 0.1) is 17.1 Å². The largest absolute Gasteiger partial charge is 0.394 e. The highest BCUT2D eigenvalue weighted by Gasteiger charge is 2.24. The van der Waals surface area contributed by atoms with Gasteiger partial charge < -0.3 is 10.8 Å². The van der Waals surface area contributed by atoms with Crippen LogP contribution in [0, 0.1) is 17.0 Å². The van der Waals surface area contributed by atoms with Crippen LogP contribution < -0.4 is 5.73 Å². The van der Waals surface area contributed by atoms with Crippen LogP contribution in [0.4, 0.5) is 5.69 Å². The van der Waals surface area contributed by atoms with E-state index in [-0.39, 0.29) is 12.3 Å². The summed E-state index contributed by atoms with van der Waals surface area (Å²) in [6.07, 6.45) is 0. The summed E-state index contributed by atoms with van der Waals surface area (Å²) in [7, 11) is 0. The van der Waals surface area contributed by atoms with E-state index < -0.39 is 10.5 Å². The molecule has 0 heterocycles. The number of aliphatic hydroxyl groups excluding tert-OH is 1. The number of non-ortho nitro benzene ring substituents is 1. The van der Waals surface area contributed by atoms with E-state index in [2.05, 4.69) is 0 Å². The second kappa shape index (κ2) is 3.96. The van der Waals surface area contributed by atoms with Crippen LogP contribution in [0.3, 0.4) is 0 Å². The number of nitro groups is 1. The van der Waals surface area contributed by atoms with E-state index in [0.717, 1.165) is 5.56 Å². The van der Waals surface area contributed by atoms with Gasteiger partial charge in [-0.1, -0.05) is 6.07 Å². The molecule has 0 spiro atoms. The highest BCUT2D eigenvalue weighted by molar-refractivity contribution is 5.42. The summed E-state index contributed by atoms with van der Waals surface area (Å²) < 4.78 is 0. The molecule has 0 aromatic heterocycles. The average molecular weight is 210 g/mol. The average Bonchev–Trinajstić information content (AvgIpc) is 2.17. The number of rotatable bonds is 3. The van der Waals surface area contributed by atoms with Crippen molar-refractivity contribution in [3.05, 3.63) is 39.4 Å². The Balaban J connectivity index is 3.28. The van der Waals surface area contributed by atoms with E-state index in [0.29, 0.717) is 5.56 Å². The fourth-order valence-corrected chi connectivity index (χ4v) is 1.42. The van der Waals surface area contributed by atoms with Crippen LogP contribution in [0.5, 0.6) is 0 Å². The number of benzene rings is 1. The van der Waals surface area contributed by atoms with Crippen LogP contribution >= 0.6 is 0 Å². The Labute approximate surface area is 87.7 Å². The molecule has 0 fully saturated rings. The Morgan fingerprint density at radius 3 is 2.67 bits per heavy atom. The lowest BCUT2D eigenvalue weighted by molar-refractivity contribution is -0.385. The highest BCUT2D eigenvalue weighted by atomic mass is 16.6. The van der Waals surface area contributed by atoms with Crippen LogP contribution in [0.15, 0.2) is 18.2 Å². The first-order chi connectivity index (χ1) is 6.88. The molecular weight excluding hydrogens is 196 g/mol. The number of aliphatic hydroxyl groups is 1. The molecule has 82 valence electrons. The number of hydrogen-bond acceptors (Lipinski definition) is 4. The fraction of sp³-hybridized carbons (Fsp3) is 0.400. The monoisotopic (exact) mass is 210 g/mol. The van der Waals surface area contributed by atoms with Crippen LogP contribution in [0.25, 0.3) is 0 Å². The van der Waals surface area contributed by atoms with Crippen molar-refractivity contribution in [1.29, 1.82) is 0 Å². The van der Waals surface area contributed by atoms with Gasteiger partial charge in [-0.15, -0.1) is 0 Å². The number of hydrogen-bond donors (Lipinski definition) is 2. The molecule has 1 aromatic rings. The molecule has 1 atom stereocenters. The zero-order chi connectivity index (χ0) is 11.6. The summed E-state index contributed by atoms with van der Waals surface area (Å²) in [5.74, 6) is 0. The second-order valence-electron chi connectivity index (χ2n) is 3.83. The summed E-state index contributed by atoms with van der Waals surface area (Å²) in [5.41, 5.74) is 6.30. The van der Waals surface area contributed by atoms with Gasteiger partial charge >= 0.3 is 0 Å². The van der Waals surface area contributed by atoms with Crippen molar-refractivity contribution in [2.24, 2.45) is 5.73 Å². The van der Waals surface area contributed by atoms with Crippen molar-refractivity contribution in [2.75, 3.05) is 6.61 Å². The second-order valence-corrected chi connectivity index (χ2v) is 3.83. The molecule has 0 aliphatic rings. The normalized spacial score (nSPS) is 14.7. The van der Waals surface area contributed by atoms with Crippen LogP contribution in [0.1, 0.15) is 18.1 Å². The van der Waals surface area contributed by atoms with Crippen molar-refractivity contribution in [2.45, 2.75) is 19.4 Å². The molecule has 0 saturated heterocycles. The minimum Gasteiger partial charge on any atom is -0.394 e. The molecule has 0 bridgehead atoms. The quantitative estimate of drug-likeness (QED) is 0.576. The van der Waals surface area contributed by atoms with Crippen molar-refractivity contribution in [3.8, 4) is 0 Å². The molecule has 15 heavy (non-hydrogen) atoms. The van der Waals surface area contributed by atoms with Gasteiger partial charge in [-0.2, -0.15) is 0 Å². The van der Waals surface area contributed by atoms with E-state index in [1.165, 1.54) is 12.1 Å². The van der Waals surface area contributed by atoms with Crippen molar-refractivity contribution in [3.63, 3.8) is 0 Å². The van der Waals surface area contributed by atoms with Gasteiger partial charge in [0.25, 0.3) is 5.69 Å². The minimum absolute atomic E-state index is 0.0132. The number of nitrogens with two attached hydrogens (primary N) is 1. The number of nitrogens with zero attached hydrogens (tertiary/aromatic N) is 1. The molecule has 1 rings (SSSR count). The number of aryl methyl sites for hydroxylation is 1. The van der Waals surface area contributed by atoms with Gasteiger partial charge in [0.15, 0.2) is 0 Å². The van der Waals surface area contributed by atoms with E-state index in [4.69, 9.17) is 10.8 Å². The van der Waals surface area contributed by atoms with Gasteiger partial charge in [-0.05, 0) is 25.0 Å². The van der Waals surface area contributed by atoms with Gasteiger partial charge in [0, 0.05) is 12.1 Å². The lowest BCUT2D eigenvalue weighted by Gasteiger charge is -2.23. The summed E-state index contributed by atoms with van der Waals surface area (Å²) in [5, 5.41) is 19.7. The molecule has 3 N–H and O–H groups in total. The molecule has 0 aliphatic carbocycles. The smallest absolute Gasteiger partial charge is 0.269 e. The Bertz CT molecular complexity index is 388. The molecular formula is C10H14N2O3. The van der Waals surface area contributed by atoms with Crippen LogP contribution in [0.2, 0.25) is 0 Å². The first kappa shape index (κ1) is 11.6. The topological polar surface area (TPSA) is 89.4 Å². The summed E-state index contributed by atoms with van der Waals surface area (Å²) >= 11 is 0. The Morgan fingerprint density at radius 2 is 2.20 bits per heavy atom. The maximum absolute atomic E-state index is 10.6. The standard InChI is InChI=1S/C10H14N2O3/c1-7-3-4-8(12(14)15)5-9(7)10(2,11)6-13/h3-5,13H,6,11H2,1-2H3. The molecule has 0 saturated carbocycles. The Kier molecular flexibility index (Phi) is 3.06. The van der Waals surface area contributed by atoms with E-state index in [1.54, 1.807) is 19.9 Å². The first-order valence-electron chi connectivity index (χ1n) is 4.54. The molecule has 5 nitrogen and oxygen atoms in total. The summed E-state index contributed by atoms with van der Waals surface area (Å²) in [6, 6.07) is 4.46. The van der Waals surface area contributed by atoms with Crippen molar-refractivity contribution >= 4 is 5.69 Å². The van der Waals surface area contributed by atoms with Gasteiger partial charge in [-0.25, -0.2) is 0 Å². The maximum Gasteiger partial charge on any atom is 0.269 e. The van der Waals surface area contributed by atoms with Gasteiger partial charge in [0.2, 0.25) is 0 Å². The minimum atomic E-state index is -0.948. The predicted molar refractivity (Wildman–Crippen MR) is 56.5 cm³/mol. The van der Waals surface area contributed by atoms with Crippen molar-refractivity contribution in [1.82, 2.24) is 0 Å². The first-order valence-corrected chi connectivity index (χ1v) is 4.54. The third kappa shape index (κ3) is 2.31. The molecule has 0 radical (unpaired) electrons. The maximum atomic E-state index is 10.6. The zero-order valence-corrected chi connectivity index (χ0v) is 8.73. The van der Waals surface area contributed by atoms with Crippen molar-refractivity contribution < 1.29 is 10.0 Å². The number of nitro benzene ring substituents is 1. The lowest BCUT2D eigenvalue weighted by Crippen LogP contribution is -2.37. The SMILES string of the molecule is Cc1ccc([N+](=O)[O-])cc1C(C)(N)CO. The Hall–Kier alpha value is -1.46. The molecule has 5 heteroatoms.